The lowest BCUT2D eigenvalue weighted by Crippen LogP contribution is -2.42. The van der Waals surface area contributed by atoms with E-state index in [9.17, 15) is 0 Å². The molecule has 0 aromatic heterocycles. The van der Waals surface area contributed by atoms with E-state index in [1.54, 1.807) is 7.11 Å². The van der Waals surface area contributed by atoms with Gasteiger partial charge in [0.2, 0.25) is 0 Å². The highest BCUT2D eigenvalue weighted by atomic mass is 16.5. The Morgan fingerprint density at radius 1 is 1.43 bits per heavy atom. The van der Waals surface area contributed by atoms with Gasteiger partial charge in [-0.15, -0.1) is 0 Å². The van der Waals surface area contributed by atoms with Crippen LogP contribution in [0.25, 0.3) is 0 Å². The van der Waals surface area contributed by atoms with Crippen molar-refractivity contribution in [3.8, 4) is 5.75 Å². The molecule has 3 heteroatoms. The van der Waals surface area contributed by atoms with Crippen LogP contribution in [0.15, 0.2) is 18.2 Å². The molecule has 3 nitrogen and oxygen atoms in total. The van der Waals surface area contributed by atoms with E-state index in [0.717, 1.165) is 38.3 Å². The topological polar surface area (TPSA) is 30.5 Å². The first kappa shape index (κ1) is 16.3. The van der Waals surface area contributed by atoms with Crippen LogP contribution < -0.4 is 10.1 Å². The van der Waals surface area contributed by atoms with Crippen molar-refractivity contribution in [3.63, 3.8) is 0 Å². The van der Waals surface area contributed by atoms with Gasteiger partial charge < -0.3 is 14.8 Å². The Balaban J connectivity index is 2.11. The Hall–Kier alpha value is -1.06. The number of hydrogen-bond acceptors (Lipinski definition) is 3. The SMILES string of the molecule is CCCNC(Cc1cc(C)ccc1OC)C1CCCOC1. The molecule has 118 valence electrons. The molecule has 2 unspecified atom stereocenters. The van der Waals surface area contributed by atoms with Gasteiger partial charge in [-0.25, -0.2) is 0 Å². The standard InChI is InChI=1S/C18H29NO2/c1-4-9-19-17(15-6-5-10-21-13-15)12-16-11-14(2)7-8-18(16)20-3/h7-8,11,15,17,19H,4-6,9-10,12-13H2,1-3H3. The predicted molar refractivity (Wildman–Crippen MR) is 87.1 cm³/mol. The maximum atomic E-state index is 5.69. The highest BCUT2D eigenvalue weighted by molar-refractivity contribution is 5.37. The maximum absolute atomic E-state index is 5.69. The molecule has 0 saturated carbocycles. The van der Waals surface area contributed by atoms with Crippen LogP contribution in [0, 0.1) is 12.8 Å². The Kier molecular flexibility index (Phi) is 6.52. The van der Waals surface area contributed by atoms with E-state index in [0.29, 0.717) is 12.0 Å². The lowest BCUT2D eigenvalue weighted by atomic mass is 9.88. The van der Waals surface area contributed by atoms with Gasteiger partial charge in [0.25, 0.3) is 0 Å². The van der Waals surface area contributed by atoms with Crippen LogP contribution >= 0.6 is 0 Å². The third-order valence-electron chi connectivity index (χ3n) is 4.30. The van der Waals surface area contributed by atoms with Gasteiger partial charge in [-0.2, -0.15) is 0 Å². The quantitative estimate of drug-likeness (QED) is 0.836. The number of rotatable bonds is 7. The van der Waals surface area contributed by atoms with Gasteiger partial charge in [0.1, 0.15) is 5.75 Å². The number of hydrogen-bond donors (Lipinski definition) is 1. The van der Waals surface area contributed by atoms with Crippen molar-refractivity contribution >= 4 is 0 Å². The first-order valence-electron chi connectivity index (χ1n) is 8.19. The molecule has 0 amide bonds. The smallest absolute Gasteiger partial charge is 0.122 e. The minimum absolute atomic E-state index is 0.473. The second-order valence-corrected chi connectivity index (χ2v) is 6.06. The highest BCUT2D eigenvalue weighted by Crippen LogP contribution is 2.26. The largest absolute Gasteiger partial charge is 0.496 e. The molecule has 1 fully saturated rings. The minimum atomic E-state index is 0.473. The molecule has 2 atom stereocenters. The Labute approximate surface area is 129 Å². The van der Waals surface area contributed by atoms with Crippen LogP contribution in [0.4, 0.5) is 0 Å². The summed E-state index contributed by atoms with van der Waals surface area (Å²) in [6, 6.07) is 6.92. The van der Waals surface area contributed by atoms with Crippen molar-refractivity contribution in [3.05, 3.63) is 29.3 Å². The second-order valence-electron chi connectivity index (χ2n) is 6.06. The summed E-state index contributed by atoms with van der Waals surface area (Å²) in [5, 5.41) is 3.72. The highest BCUT2D eigenvalue weighted by Gasteiger charge is 2.24. The molecule has 1 aromatic rings. The van der Waals surface area contributed by atoms with Crippen molar-refractivity contribution in [2.24, 2.45) is 5.92 Å². The number of aryl methyl sites for hydroxylation is 1. The molecule has 1 aliphatic heterocycles. The van der Waals surface area contributed by atoms with Crippen LogP contribution in [0.5, 0.6) is 5.75 Å². The van der Waals surface area contributed by atoms with E-state index in [2.05, 4.69) is 37.4 Å². The van der Waals surface area contributed by atoms with E-state index in [1.165, 1.54) is 24.0 Å². The monoisotopic (exact) mass is 291 g/mol. The zero-order chi connectivity index (χ0) is 15.1. The summed E-state index contributed by atoms with van der Waals surface area (Å²) in [6.07, 6.45) is 4.61. The minimum Gasteiger partial charge on any atom is -0.496 e. The summed E-state index contributed by atoms with van der Waals surface area (Å²) in [5.74, 6) is 1.61. The number of nitrogens with one attached hydrogen (secondary N) is 1. The maximum Gasteiger partial charge on any atom is 0.122 e. The van der Waals surface area contributed by atoms with Crippen LogP contribution in [0.1, 0.15) is 37.3 Å². The Morgan fingerprint density at radius 2 is 2.29 bits per heavy atom. The molecule has 0 bridgehead atoms. The molecule has 21 heavy (non-hydrogen) atoms. The van der Waals surface area contributed by atoms with Crippen LogP contribution in [0.2, 0.25) is 0 Å². The number of ether oxygens (including phenoxy) is 2. The molecular weight excluding hydrogens is 262 g/mol. The van der Waals surface area contributed by atoms with Gasteiger partial charge in [0.05, 0.1) is 13.7 Å². The molecule has 0 spiro atoms. The normalized spacial score (nSPS) is 20.2. The van der Waals surface area contributed by atoms with Crippen LogP contribution in [-0.4, -0.2) is 32.9 Å². The van der Waals surface area contributed by atoms with Crippen molar-refractivity contribution in [1.82, 2.24) is 5.32 Å². The predicted octanol–water partition coefficient (Wildman–Crippen LogP) is 3.34. The summed E-state index contributed by atoms with van der Waals surface area (Å²) >= 11 is 0. The summed E-state index contributed by atoms with van der Waals surface area (Å²) in [6.45, 7) is 7.23. The van der Waals surface area contributed by atoms with Gasteiger partial charge in [-0.3, -0.25) is 0 Å². The molecule has 2 rings (SSSR count). The lowest BCUT2D eigenvalue weighted by Gasteiger charge is -2.31. The van der Waals surface area contributed by atoms with Crippen molar-refractivity contribution in [1.29, 1.82) is 0 Å². The number of benzene rings is 1. The zero-order valence-corrected chi connectivity index (χ0v) is 13.7. The fourth-order valence-corrected chi connectivity index (χ4v) is 3.12. The third kappa shape index (κ3) is 4.72. The molecule has 1 heterocycles. The first-order valence-corrected chi connectivity index (χ1v) is 8.19. The summed E-state index contributed by atoms with van der Waals surface area (Å²) < 4.78 is 11.2. The third-order valence-corrected chi connectivity index (χ3v) is 4.30. The van der Waals surface area contributed by atoms with E-state index in [1.807, 2.05) is 0 Å². The fraction of sp³-hybridized carbons (Fsp3) is 0.667. The average molecular weight is 291 g/mol. The van der Waals surface area contributed by atoms with Crippen molar-refractivity contribution in [2.75, 3.05) is 26.9 Å². The van der Waals surface area contributed by atoms with E-state index in [4.69, 9.17) is 9.47 Å². The molecule has 0 radical (unpaired) electrons. The zero-order valence-electron chi connectivity index (χ0n) is 13.7. The molecule has 1 N–H and O–H groups in total. The van der Waals surface area contributed by atoms with Gasteiger partial charge in [0.15, 0.2) is 0 Å². The molecule has 1 aliphatic rings. The number of methoxy groups -OCH3 is 1. The Morgan fingerprint density at radius 3 is 2.95 bits per heavy atom. The van der Waals surface area contributed by atoms with Gasteiger partial charge >= 0.3 is 0 Å². The molecular formula is C18H29NO2. The Bertz CT molecular complexity index is 427. The van der Waals surface area contributed by atoms with Crippen molar-refractivity contribution < 1.29 is 9.47 Å². The first-order chi connectivity index (χ1) is 10.2. The summed E-state index contributed by atoms with van der Waals surface area (Å²) in [5.41, 5.74) is 2.59. The van der Waals surface area contributed by atoms with Crippen LogP contribution in [-0.2, 0) is 11.2 Å². The summed E-state index contributed by atoms with van der Waals surface area (Å²) in [4.78, 5) is 0. The van der Waals surface area contributed by atoms with Gasteiger partial charge in [0, 0.05) is 12.6 Å². The molecule has 0 aliphatic carbocycles. The van der Waals surface area contributed by atoms with Gasteiger partial charge in [-0.05, 0) is 56.7 Å². The van der Waals surface area contributed by atoms with E-state index < -0.39 is 0 Å². The molecule has 1 saturated heterocycles. The second kappa shape index (κ2) is 8.40. The average Bonchev–Trinajstić information content (AvgIpc) is 2.52. The summed E-state index contributed by atoms with van der Waals surface area (Å²) in [7, 11) is 1.76. The van der Waals surface area contributed by atoms with Gasteiger partial charge in [-0.1, -0.05) is 24.6 Å². The lowest BCUT2D eigenvalue weighted by molar-refractivity contribution is 0.0392. The van der Waals surface area contributed by atoms with Crippen LogP contribution in [0.3, 0.4) is 0 Å². The fourth-order valence-electron chi connectivity index (χ4n) is 3.12. The molecule has 1 aromatic carbocycles. The van der Waals surface area contributed by atoms with E-state index in [-0.39, 0.29) is 0 Å². The van der Waals surface area contributed by atoms with Crippen molar-refractivity contribution in [2.45, 2.75) is 45.6 Å². The van der Waals surface area contributed by atoms with E-state index >= 15 is 0 Å².